The second kappa shape index (κ2) is 5.67. The summed E-state index contributed by atoms with van der Waals surface area (Å²) in [4.78, 5) is 27.0. The lowest BCUT2D eigenvalue weighted by Gasteiger charge is -2.40. The minimum atomic E-state index is -0.269. The molecule has 0 saturated carbocycles. The van der Waals surface area contributed by atoms with Crippen LogP contribution in [0.1, 0.15) is 26.2 Å². The molecule has 0 aliphatic carbocycles. The first-order valence-corrected chi connectivity index (χ1v) is 6.67. The molecule has 3 N–H and O–H groups in total. The van der Waals surface area contributed by atoms with Crippen molar-refractivity contribution >= 4 is 11.9 Å². The number of carbonyl (C=O) groups excluding carboxylic acids is 2. The molecule has 6 nitrogen and oxygen atoms in total. The minimum Gasteiger partial charge on any atom is -0.336 e. The van der Waals surface area contributed by atoms with Crippen LogP contribution in [0.4, 0.5) is 4.79 Å². The molecule has 0 spiro atoms. The summed E-state index contributed by atoms with van der Waals surface area (Å²) in [5.41, 5.74) is 5.77. The Balaban J connectivity index is 1.97. The third-order valence-electron chi connectivity index (χ3n) is 3.94. The summed E-state index contributed by atoms with van der Waals surface area (Å²) in [6.07, 6.45) is 3.30. The van der Waals surface area contributed by atoms with Gasteiger partial charge in [0.2, 0.25) is 5.91 Å². The van der Waals surface area contributed by atoms with Gasteiger partial charge in [0.1, 0.15) is 0 Å². The highest BCUT2D eigenvalue weighted by molar-refractivity contribution is 5.96. The maximum Gasteiger partial charge on any atom is 0.324 e. The maximum absolute atomic E-state index is 12.1. The zero-order valence-corrected chi connectivity index (χ0v) is 10.9. The Kier molecular flexibility index (Phi) is 4.19. The molecular formula is C12H22N4O2. The molecule has 2 aliphatic rings. The number of nitrogens with one attached hydrogen (secondary N) is 1. The number of nitrogens with zero attached hydrogens (tertiary/aromatic N) is 2. The van der Waals surface area contributed by atoms with Crippen molar-refractivity contribution in [3.05, 3.63) is 0 Å². The molecule has 0 aromatic rings. The Morgan fingerprint density at radius 3 is 2.89 bits per heavy atom. The third kappa shape index (κ3) is 2.64. The summed E-state index contributed by atoms with van der Waals surface area (Å²) in [6, 6.07) is 0.360. The standard InChI is InChI=1S/C12H22N4O2/c1-9-3-2-4-10(7-13)16(9)8-11(17)15-6-5-14-12(15)18/h9-10H,2-8,13H2,1H3,(H,14,18). The predicted octanol–water partition coefficient (Wildman–Crippen LogP) is -0.260. The van der Waals surface area contributed by atoms with E-state index in [1.165, 1.54) is 4.90 Å². The Labute approximate surface area is 107 Å². The number of amides is 3. The van der Waals surface area contributed by atoms with E-state index in [4.69, 9.17) is 5.73 Å². The molecule has 2 heterocycles. The zero-order chi connectivity index (χ0) is 13.1. The van der Waals surface area contributed by atoms with Crippen LogP contribution in [0.5, 0.6) is 0 Å². The Bertz CT molecular complexity index is 334. The lowest BCUT2D eigenvalue weighted by Crippen LogP contribution is -2.53. The molecule has 6 heteroatoms. The quantitative estimate of drug-likeness (QED) is 0.727. The van der Waals surface area contributed by atoms with E-state index in [2.05, 4.69) is 17.1 Å². The van der Waals surface area contributed by atoms with Gasteiger partial charge < -0.3 is 11.1 Å². The van der Waals surface area contributed by atoms with E-state index in [9.17, 15) is 9.59 Å². The smallest absolute Gasteiger partial charge is 0.324 e. The molecule has 2 aliphatic heterocycles. The average Bonchev–Trinajstić information content (AvgIpc) is 2.78. The fraction of sp³-hybridized carbons (Fsp3) is 0.833. The fourth-order valence-electron chi connectivity index (χ4n) is 2.83. The molecule has 2 fully saturated rings. The van der Waals surface area contributed by atoms with Gasteiger partial charge in [-0.15, -0.1) is 0 Å². The fourth-order valence-corrected chi connectivity index (χ4v) is 2.83. The van der Waals surface area contributed by atoms with Gasteiger partial charge in [0.15, 0.2) is 0 Å². The van der Waals surface area contributed by atoms with Crippen LogP contribution in [-0.2, 0) is 4.79 Å². The van der Waals surface area contributed by atoms with Crippen LogP contribution >= 0.6 is 0 Å². The van der Waals surface area contributed by atoms with Crippen molar-refractivity contribution in [2.45, 2.75) is 38.3 Å². The number of rotatable bonds is 3. The Morgan fingerprint density at radius 2 is 2.28 bits per heavy atom. The van der Waals surface area contributed by atoms with Gasteiger partial charge in [0.05, 0.1) is 6.54 Å². The van der Waals surface area contributed by atoms with Crippen molar-refractivity contribution in [1.82, 2.24) is 15.1 Å². The van der Waals surface area contributed by atoms with Crippen LogP contribution in [0.2, 0.25) is 0 Å². The average molecular weight is 254 g/mol. The number of imide groups is 1. The Hall–Kier alpha value is -1.14. The van der Waals surface area contributed by atoms with Crippen LogP contribution in [0.25, 0.3) is 0 Å². The number of likely N-dealkylation sites (tertiary alicyclic amines) is 1. The number of hydrogen-bond acceptors (Lipinski definition) is 4. The predicted molar refractivity (Wildman–Crippen MR) is 68.0 cm³/mol. The van der Waals surface area contributed by atoms with Gasteiger partial charge in [-0.2, -0.15) is 0 Å². The number of nitrogens with two attached hydrogens (primary N) is 1. The summed E-state index contributed by atoms with van der Waals surface area (Å²) in [5.74, 6) is -0.114. The van der Waals surface area contributed by atoms with Gasteiger partial charge in [-0.25, -0.2) is 4.79 Å². The summed E-state index contributed by atoms with van der Waals surface area (Å²) in [7, 11) is 0. The topological polar surface area (TPSA) is 78.7 Å². The number of piperidine rings is 1. The van der Waals surface area contributed by atoms with Crippen molar-refractivity contribution in [2.24, 2.45) is 5.73 Å². The van der Waals surface area contributed by atoms with Crippen molar-refractivity contribution < 1.29 is 9.59 Å². The van der Waals surface area contributed by atoms with Gasteiger partial charge >= 0.3 is 6.03 Å². The highest BCUT2D eigenvalue weighted by Gasteiger charge is 2.32. The lowest BCUT2D eigenvalue weighted by atomic mass is 9.96. The van der Waals surface area contributed by atoms with Crippen molar-refractivity contribution in [3.63, 3.8) is 0 Å². The maximum atomic E-state index is 12.1. The first-order valence-electron chi connectivity index (χ1n) is 6.67. The zero-order valence-electron chi connectivity index (χ0n) is 10.9. The summed E-state index contributed by atoms with van der Waals surface area (Å²) in [5, 5.41) is 2.65. The molecule has 2 rings (SSSR count). The van der Waals surface area contributed by atoms with Crippen molar-refractivity contribution in [2.75, 3.05) is 26.2 Å². The van der Waals surface area contributed by atoms with Crippen LogP contribution in [-0.4, -0.2) is 60.0 Å². The molecule has 2 unspecified atom stereocenters. The molecular weight excluding hydrogens is 232 g/mol. The highest BCUT2D eigenvalue weighted by atomic mass is 16.2. The normalized spacial score (nSPS) is 29.4. The molecule has 3 amide bonds. The van der Waals surface area contributed by atoms with Gasteiger partial charge in [-0.05, 0) is 19.8 Å². The van der Waals surface area contributed by atoms with Crippen LogP contribution in [0.3, 0.4) is 0 Å². The largest absolute Gasteiger partial charge is 0.336 e. The molecule has 0 aromatic heterocycles. The molecule has 18 heavy (non-hydrogen) atoms. The van der Waals surface area contributed by atoms with E-state index in [1.54, 1.807) is 0 Å². The molecule has 0 aromatic carbocycles. The summed E-state index contributed by atoms with van der Waals surface area (Å²) >= 11 is 0. The first-order chi connectivity index (χ1) is 8.63. The molecule has 0 radical (unpaired) electrons. The van der Waals surface area contributed by atoms with E-state index in [1.807, 2.05) is 0 Å². The van der Waals surface area contributed by atoms with Crippen LogP contribution in [0.15, 0.2) is 0 Å². The van der Waals surface area contributed by atoms with E-state index in [0.29, 0.717) is 32.2 Å². The van der Waals surface area contributed by atoms with Gasteiger partial charge in [-0.1, -0.05) is 6.42 Å². The molecule has 2 atom stereocenters. The molecule has 0 bridgehead atoms. The summed E-state index contributed by atoms with van der Waals surface area (Å²) in [6.45, 7) is 4.03. The second-order valence-electron chi connectivity index (χ2n) is 5.12. The number of urea groups is 1. The van der Waals surface area contributed by atoms with E-state index >= 15 is 0 Å². The van der Waals surface area contributed by atoms with Gasteiger partial charge in [0, 0.05) is 31.7 Å². The minimum absolute atomic E-state index is 0.114. The molecule has 2 saturated heterocycles. The third-order valence-corrected chi connectivity index (χ3v) is 3.94. The first kappa shape index (κ1) is 13.3. The highest BCUT2D eigenvalue weighted by Crippen LogP contribution is 2.22. The van der Waals surface area contributed by atoms with Crippen molar-refractivity contribution in [3.8, 4) is 0 Å². The van der Waals surface area contributed by atoms with E-state index in [0.717, 1.165) is 19.3 Å². The van der Waals surface area contributed by atoms with Crippen LogP contribution in [0, 0.1) is 0 Å². The van der Waals surface area contributed by atoms with Gasteiger partial charge in [0.25, 0.3) is 0 Å². The van der Waals surface area contributed by atoms with Crippen LogP contribution < -0.4 is 11.1 Å². The SMILES string of the molecule is CC1CCCC(CN)N1CC(=O)N1CCNC1=O. The van der Waals surface area contributed by atoms with E-state index < -0.39 is 0 Å². The number of hydrogen-bond donors (Lipinski definition) is 2. The molecule has 102 valence electrons. The Morgan fingerprint density at radius 1 is 1.50 bits per heavy atom. The number of carbonyl (C=O) groups is 2. The van der Waals surface area contributed by atoms with E-state index in [-0.39, 0.29) is 18.0 Å². The second-order valence-corrected chi connectivity index (χ2v) is 5.12. The monoisotopic (exact) mass is 254 g/mol. The lowest BCUT2D eigenvalue weighted by molar-refractivity contribution is -0.130. The van der Waals surface area contributed by atoms with Crippen molar-refractivity contribution in [1.29, 1.82) is 0 Å². The summed E-state index contributed by atoms with van der Waals surface area (Å²) < 4.78 is 0. The van der Waals surface area contributed by atoms with Gasteiger partial charge in [-0.3, -0.25) is 14.6 Å².